The largest absolute Gasteiger partial charge is 0.504 e. The lowest BCUT2D eigenvalue weighted by Crippen LogP contribution is -2.18. The number of ether oxygens (including phenoxy) is 2. The summed E-state index contributed by atoms with van der Waals surface area (Å²) in [5.74, 6) is 0.802. The van der Waals surface area contributed by atoms with Gasteiger partial charge < -0.3 is 19.5 Å². The van der Waals surface area contributed by atoms with Gasteiger partial charge in [0.15, 0.2) is 11.5 Å². The van der Waals surface area contributed by atoms with Gasteiger partial charge in [0.05, 0.1) is 14.2 Å². The molecule has 1 N–H and O–H groups in total. The normalized spacial score (nSPS) is 11.4. The van der Waals surface area contributed by atoms with Crippen LogP contribution in [0.4, 0.5) is 4.39 Å². The third-order valence-electron chi connectivity index (χ3n) is 3.33. The van der Waals surface area contributed by atoms with Gasteiger partial charge in [0, 0.05) is 17.9 Å². The van der Waals surface area contributed by atoms with Gasteiger partial charge in [-0.2, -0.15) is 0 Å². The molecule has 6 heteroatoms. The Kier molecular flexibility index (Phi) is 5.80. The van der Waals surface area contributed by atoms with Gasteiger partial charge >= 0.3 is 0 Å². The van der Waals surface area contributed by atoms with E-state index in [1.165, 1.54) is 19.2 Å². The second-order valence-corrected chi connectivity index (χ2v) is 6.72. The summed E-state index contributed by atoms with van der Waals surface area (Å²) in [6.07, 6.45) is 0. The number of nitrogens with zero attached hydrogens (tertiary/aromatic N) is 1. The van der Waals surface area contributed by atoms with Gasteiger partial charge in [0.25, 0.3) is 0 Å². The number of hydrogen-bond acceptors (Lipinski definition) is 4. The molecule has 0 saturated heterocycles. The van der Waals surface area contributed by atoms with Gasteiger partial charge in [0.1, 0.15) is 11.6 Å². The van der Waals surface area contributed by atoms with Crippen LogP contribution in [0.25, 0.3) is 0 Å². The minimum absolute atomic E-state index is 0.0896. The number of methoxy groups -OCH3 is 2. The number of phenolic OH excluding ortho intramolecular Hbond substituents is 1. The molecule has 0 aliphatic rings. The Morgan fingerprint density at radius 1 is 1.09 bits per heavy atom. The zero-order valence-electron chi connectivity index (χ0n) is 13.7. The molecule has 1 atom stereocenters. The van der Waals surface area contributed by atoms with E-state index in [1.54, 1.807) is 25.3 Å². The van der Waals surface area contributed by atoms with Crippen LogP contribution in [0.5, 0.6) is 17.2 Å². The van der Waals surface area contributed by atoms with Gasteiger partial charge in [0.2, 0.25) is 0 Å². The van der Waals surface area contributed by atoms with Crippen molar-refractivity contribution in [1.29, 1.82) is 0 Å². The molecule has 0 radical (unpaired) electrons. The van der Waals surface area contributed by atoms with E-state index in [0.717, 1.165) is 10.9 Å². The highest BCUT2D eigenvalue weighted by Crippen LogP contribution is 2.33. The maximum Gasteiger partial charge on any atom is 0.165 e. The molecule has 0 aliphatic carbocycles. The standard InChI is InChI=1S/C17H21FNO3P/c1-19(2)10-11-7-12(18)5-6-15(11)23-16-9-13(21-3)8-14(22-4)17(16)20/h5-9,20,23H,10H2,1-4H3. The van der Waals surface area contributed by atoms with Crippen molar-refractivity contribution >= 4 is 19.2 Å². The van der Waals surface area contributed by atoms with Crippen LogP contribution in [0.1, 0.15) is 5.56 Å². The van der Waals surface area contributed by atoms with Crippen LogP contribution in [0.3, 0.4) is 0 Å². The molecule has 0 heterocycles. The number of halogens is 1. The van der Waals surface area contributed by atoms with E-state index < -0.39 is 0 Å². The number of hydrogen-bond donors (Lipinski definition) is 1. The van der Waals surface area contributed by atoms with Crippen LogP contribution in [0, 0.1) is 5.82 Å². The lowest BCUT2D eigenvalue weighted by molar-refractivity contribution is 0.366. The smallest absolute Gasteiger partial charge is 0.165 e. The predicted molar refractivity (Wildman–Crippen MR) is 92.6 cm³/mol. The molecule has 0 fully saturated rings. The van der Waals surface area contributed by atoms with Crippen LogP contribution in [0.15, 0.2) is 30.3 Å². The van der Waals surface area contributed by atoms with Crippen molar-refractivity contribution in [3.63, 3.8) is 0 Å². The molecular weight excluding hydrogens is 316 g/mol. The average molecular weight is 337 g/mol. The van der Waals surface area contributed by atoms with Crippen molar-refractivity contribution in [2.75, 3.05) is 28.3 Å². The number of aromatic hydroxyl groups is 1. The van der Waals surface area contributed by atoms with Gasteiger partial charge in [-0.25, -0.2) is 4.39 Å². The molecule has 2 rings (SSSR count). The maximum absolute atomic E-state index is 13.5. The van der Waals surface area contributed by atoms with E-state index in [0.29, 0.717) is 23.3 Å². The second-order valence-electron chi connectivity index (χ2n) is 5.39. The summed E-state index contributed by atoms with van der Waals surface area (Å²) in [4.78, 5) is 1.98. The summed E-state index contributed by atoms with van der Waals surface area (Å²) < 4.78 is 24.0. The van der Waals surface area contributed by atoms with Crippen LogP contribution in [-0.2, 0) is 6.54 Å². The van der Waals surface area contributed by atoms with E-state index in [-0.39, 0.29) is 20.1 Å². The van der Waals surface area contributed by atoms with Crippen LogP contribution in [-0.4, -0.2) is 38.3 Å². The van der Waals surface area contributed by atoms with E-state index in [9.17, 15) is 9.50 Å². The maximum atomic E-state index is 13.5. The molecule has 2 aromatic carbocycles. The van der Waals surface area contributed by atoms with Gasteiger partial charge in [-0.15, -0.1) is 0 Å². The lowest BCUT2D eigenvalue weighted by Gasteiger charge is -2.16. The van der Waals surface area contributed by atoms with Gasteiger partial charge in [-0.05, 0) is 43.2 Å². The Morgan fingerprint density at radius 2 is 1.83 bits per heavy atom. The topological polar surface area (TPSA) is 41.9 Å². The first-order chi connectivity index (χ1) is 10.9. The highest BCUT2D eigenvalue weighted by Gasteiger charge is 2.14. The minimum atomic E-state index is -0.261. The van der Waals surface area contributed by atoms with E-state index in [1.807, 2.05) is 19.0 Å². The molecule has 0 amide bonds. The Hall–Kier alpha value is -1.84. The first-order valence-corrected chi connectivity index (χ1v) is 8.09. The Bertz CT molecular complexity index is 692. The molecule has 4 nitrogen and oxygen atoms in total. The predicted octanol–water partition coefficient (Wildman–Crippen LogP) is 2.24. The summed E-state index contributed by atoms with van der Waals surface area (Å²) in [6, 6.07) is 8.15. The Labute approximate surface area is 137 Å². The second kappa shape index (κ2) is 7.62. The molecule has 0 aromatic heterocycles. The van der Waals surface area contributed by atoms with Crippen LogP contribution in [0.2, 0.25) is 0 Å². The monoisotopic (exact) mass is 337 g/mol. The van der Waals surface area contributed by atoms with Crippen molar-refractivity contribution in [3.05, 3.63) is 41.7 Å². The van der Waals surface area contributed by atoms with E-state index in [2.05, 4.69) is 0 Å². The quantitative estimate of drug-likeness (QED) is 0.821. The highest BCUT2D eigenvalue weighted by molar-refractivity contribution is 7.55. The van der Waals surface area contributed by atoms with Crippen molar-refractivity contribution in [3.8, 4) is 17.2 Å². The molecule has 124 valence electrons. The van der Waals surface area contributed by atoms with Gasteiger partial charge in [-0.3, -0.25) is 0 Å². The molecule has 2 aromatic rings. The first kappa shape index (κ1) is 17.5. The molecule has 0 saturated carbocycles. The van der Waals surface area contributed by atoms with Gasteiger partial charge in [-0.1, -0.05) is 14.6 Å². The number of rotatable bonds is 6. The number of benzene rings is 2. The lowest BCUT2D eigenvalue weighted by atomic mass is 10.2. The van der Waals surface area contributed by atoms with E-state index in [4.69, 9.17) is 9.47 Å². The van der Waals surface area contributed by atoms with Crippen LogP contribution < -0.4 is 20.1 Å². The summed E-state index contributed by atoms with van der Waals surface area (Å²) in [5, 5.41) is 12.0. The number of phenols is 1. The zero-order chi connectivity index (χ0) is 17.0. The molecule has 0 bridgehead atoms. The van der Waals surface area contributed by atoms with Crippen molar-refractivity contribution < 1.29 is 19.0 Å². The van der Waals surface area contributed by atoms with Crippen LogP contribution >= 0.6 is 8.58 Å². The molecule has 0 spiro atoms. The zero-order valence-corrected chi connectivity index (χ0v) is 14.7. The SMILES string of the molecule is COc1cc(OC)c(O)c(Pc2ccc(F)cc2CN(C)C)c1. The summed E-state index contributed by atoms with van der Waals surface area (Å²) in [7, 11) is 7.09. The summed E-state index contributed by atoms with van der Waals surface area (Å²) in [5.41, 5.74) is 0.898. The Balaban J connectivity index is 2.42. The Morgan fingerprint density at radius 3 is 2.43 bits per heavy atom. The van der Waals surface area contributed by atoms with Crippen molar-refractivity contribution in [2.45, 2.75) is 6.54 Å². The molecular formula is C17H21FNO3P. The molecule has 1 unspecified atom stereocenters. The minimum Gasteiger partial charge on any atom is -0.504 e. The molecule has 23 heavy (non-hydrogen) atoms. The average Bonchev–Trinajstić information content (AvgIpc) is 2.51. The molecule has 0 aliphatic heterocycles. The van der Waals surface area contributed by atoms with E-state index >= 15 is 0 Å². The van der Waals surface area contributed by atoms with Crippen molar-refractivity contribution in [2.24, 2.45) is 0 Å². The summed E-state index contributed by atoms with van der Waals surface area (Å²) >= 11 is 0. The highest BCUT2D eigenvalue weighted by atomic mass is 31.1. The fraction of sp³-hybridized carbons (Fsp3) is 0.294. The first-order valence-electron chi connectivity index (χ1n) is 7.09. The fourth-order valence-corrected chi connectivity index (χ4v) is 3.48. The third kappa shape index (κ3) is 4.34. The van der Waals surface area contributed by atoms with Crippen molar-refractivity contribution in [1.82, 2.24) is 4.90 Å². The fourth-order valence-electron chi connectivity index (χ4n) is 2.25. The third-order valence-corrected chi connectivity index (χ3v) is 4.73. The summed E-state index contributed by atoms with van der Waals surface area (Å²) in [6.45, 7) is 0.627.